The molecule has 0 unspecified atom stereocenters. The highest BCUT2D eigenvalue weighted by Gasteiger charge is 2.00. The van der Waals surface area contributed by atoms with Gasteiger partial charge in [0.05, 0.1) is 7.11 Å². The molecule has 1 heterocycles. The molecule has 15 heavy (non-hydrogen) atoms. The Hall–Kier alpha value is -0.550. The van der Waals surface area contributed by atoms with Crippen LogP contribution in [0.4, 0.5) is 0 Å². The second-order valence-corrected chi connectivity index (χ2v) is 4.95. The van der Waals surface area contributed by atoms with Gasteiger partial charge in [0.15, 0.2) is 0 Å². The standard InChI is InChI=1S/C10H12BrNO2S/c1-14-10(13)3-2-4-15-9-5-8(11)6-12-7-9/h5-7H,2-4H2,1H3. The molecule has 0 saturated heterocycles. The summed E-state index contributed by atoms with van der Waals surface area (Å²) in [5, 5.41) is 0. The molecular formula is C10H12BrNO2S. The molecule has 0 aliphatic rings. The Bertz CT molecular complexity index is 333. The van der Waals surface area contributed by atoms with E-state index in [1.165, 1.54) is 7.11 Å². The summed E-state index contributed by atoms with van der Waals surface area (Å²) in [7, 11) is 1.41. The summed E-state index contributed by atoms with van der Waals surface area (Å²) in [5.41, 5.74) is 0. The number of ether oxygens (including phenoxy) is 1. The van der Waals surface area contributed by atoms with Crippen molar-refractivity contribution in [2.45, 2.75) is 17.7 Å². The number of esters is 1. The van der Waals surface area contributed by atoms with Crippen molar-refractivity contribution >= 4 is 33.7 Å². The van der Waals surface area contributed by atoms with Crippen LogP contribution in [0.15, 0.2) is 27.8 Å². The number of halogens is 1. The van der Waals surface area contributed by atoms with E-state index in [2.05, 4.69) is 25.7 Å². The molecule has 1 rings (SSSR count). The fraction of sp³-hybridized carbons (Fsp3) is 0.400. The molecule has 0 saturated carbocycles. The van der Waals surface area contributed by atoms with E-state index in [1.54, 1.807) is 18.0 Å². The first kappa shape index (κ1) is 12.5. The van der Waals surface area contributed by atoms with Crippen LogP contribution in [0.1, 0.15) is 12.8 Å². The number of hydrogen-bond acceptors (Lipinski definition) is 4. The van der Waals surface area contributed by atoms with Crippen molar-refractivity contribution in [2.75, 3.05) is 12.9 Å². The maximum atomic E-state index is 10.8. The number of carbonyl (C=O) groups is 1. The van der Waals surface area contributed by atoms with Crippen LogP contribution in [-0.2, 0) is 9.53 Å². The highest BCUT2D eigenvalue weighted by Crippen LogP contribution is 2.21. The van der Waals surface area contributed by atoms with Gasteiger partial charge in [-0.2, -0.15) is 0 Å². The number of methoxy groups -OCH3 is 1. The van der Waals surface area contributed by atoms with E-state index in [4.69, 9.17) is 0 Å². The molecule has 1 aromatic rings. The summed E-state index contributed by atoms with van der Waals surface area (Å²) >= 11 is 5.04. The number of pyridine rings is 1. The molecule has 0 N–H and O–H groups in total. The fourth-order valence-electron chi connectivity index (χ4n) is 0.980. The summed E-state index contributed by atoms with van der Waals surface area (Å²) in [4.78, 5) is 16.0. The first-order chi connectivity index (χ1) is 7.22. The summed E-state index contributed by atoms with van der Waals surface area (Å²) in [6.45, 7) is 0. The molecule has 82 valence electrons. The lowest BCUT2D eigenvalue weighted by atomic mass is 10.3. The molecule has 0 spiro atoms. The van der Waals surface area contributed by atoms with Crippen molar-refractivity contribution in [3.8, 4) is 0 Å². The second kappa shape index (κ2) is 6.85. The van der Waals surface area contributed by atoms with Gasteiger partial charge in [0.2, 0.25) is 0 Å². The lowest BCUT2D eigenvalue weighted by Crippen LogP contribution is -1.99. The molecule has 0 amide bonds. The maximum Gasteiger partial charge on any atom is 0.305 e. The van der Waals surface area contributed by atoms with E-state index in [0.29, 0.717) is 6.42 Å². The minimum atomic E-state index is -0.150. The van der Waals surface area contributed by atoms with Crippen LogP contribution in [0.25, 0.3) is 0 Å². The van der Waals surface area contributed by atoms with Crippen LogP contribution in [0.2, 0.25) is 0 Å². The van der Waals surface area contributed by atoms with Crippen LogP contribution in [0.5, 0.6) is 0 Å². The van der Waals surface area contributed by atoms with E-state index in [9.17, 15) is 4.79 Å². The number of nitrogens with zero attached hydrogens (tertiary/aromatic N) is 1. The van der Waals surface area contributed by atoms with Gasteiger partial charge in [-0.05, 0) is 34.2 Å². The Morgan fingerprint density at radius 1 is 1.60 bits per heavy atom. The van der Waals surface area contributed by atoms with Gasteiger partial charge in [0.1, 0.15) is 0 Å². The number of aromatic nitrogens is 1. The summed E-state index contributed by atoms with van der Waals surface area (Å²) in [5.74, 6) is 0.746. The van der Waals surface area contributed by atoms with Crippen molar-refractivity contribution in [3.63, 3.8) is 0 Å². The number of hydrogen-bond donors (Lipinski definition) is 0. The van der Waals surface area contributed by atoms with Crippen molar-refractivity contribution in [1.82, 2.24) is 4.98 Å². The predicted octanol–water partition coefficient (Wildman–Crippen LogP) is 2.89. The van der Waals surface area contributed by atoms with E-state index >= 15 is 0 Å². The van der Waals surface area contributed by atoms with Crippen molar-refractivity contribution in [3.05, 3.63) is 22.9 Å². The third-order valence-electron chi connectivity index (χ3n) is 1.70. The minimum Gasteiger partial charge on any atom is -0.469 e. The lowest BCUT2D eigenvalue weighted by Gasteiger charge is -2.01. The van der Waals surface area contributed by atoms with Crippen molar-refractivity contribution in [2.24, 2.45) is 0 Å². The van der Waals surface area contributed by atoms with Gasteiger partial charge >= 0.3 is 5.97 Å². The summed E-state index contributed by atoms with van der Waals surface area (Å²) in [6.07, 6.45) is 4.86. The molecule has 1 aromatic heterocycles. The molecule has 0 aliphatic carbocycles. The zero-order valence-electron chi connectivity index (χ0n) is 8.40. The number of carbonyl (C=O) groups excluding carboxylic acids is 1. The van der Waals surface area contributed by atoms with Crippen LogP contribution in [0.3, 0.4) is 0 Å². The Morgan fingerprint density at radius 3 is 3.07 bits per heavy atom. The minimum absolute atomic E-state index is 0.150. The van der Waals surface area contributed by atoms with Gasteiger partial charge in [-0.3, -0.25) is 9.78 Å². The zero-order chi connectivity index (χ0) is 11.1. The maximum absolute atomic E-state index is 10.8. The van der Waals surface area contributed by atoms with E-state index in [-0.39, 0.29) is 5.97 Å². The molecule has 3 nitrogen and oxygen atoms in total. The highest BCUT2D eigenvalue weighted by molar-refractivity contribution is 9.10. The zero-order valence-corrected chi connectivity index (χ0v) is 10.8. The average molecular weight is 290 g/mol. The summed E-state index contributed by atoms with van der Waals surface area (Å²) in [6, 6.07) is 2.01. The van der Waals surface area contributed by atoms with Gasteiger partial charge in [0, 0.05) is 28.2 Å². The number of rotatable bonds is 5. The van der Waals surface area contributed by atoms with Crippen LogP contribution in [0, 0.1) is 0 Å². The van der Waals surface area contributed by atoms with Gasteiger partial charge in [0.25, 0.3) is 0 Å². The second-order valence-electron chi connectivity index (χ2n) is 2.87. The summed E-state index contributed by atoms with van der Waals surface area (Å²) < 4.78 is 5.53. The van der Waals surface area contributed by atoms with Gasteiger partial charge < -0.3 is 4.74 Å². The predicted molar refractivity (Wildman–Crippen MR) is 63.9 cm³/mol. The Kier molecular flexibility index (Phi) is 5.71. The van der Waals surface area contributed by atoms with Crippen molar-refractivity contribution in [1.29, 1.82) is 0 Å². The van der Waals surface area contributed by atoms with E-state index in [1.807, 2.05) is 12.3 Å². The van der Waals surface area contributed by atoms with E-state index in [0.717, 1.165) is 21.5 Å². The van der Waals surface area contributed by atoms with Gasteiger partial charge in [-0.15, -0.1) is 11.8 Å². The molecule has 0 bridgehead atoms. The van der Waals surface area contributed by atoms with Crippen LogP contribution in [-0.4, -0.2) is 23.8 Å². The topological polar surface area (TPSA) is 39.2 Å². The Morgan fingerprint density at radius 2 is 2.40 bits per heavy atom. The third-order valence-corrected chi connectivity index (χ3v) is 3.18. The molecule has 0 aromatic carbocycles. The highest BCUT2D eigenvalue weighted by atomic mass is 79.9. The van der Waals surface area contributed by atoms with Crippen LogP contribution >= 0.6 is 27.7 Å². The smallest absolute Gasteiger partial charge is 0.305 e. The molecular weight excluding hydrogens is 278 g/mol. The van der Waals surface area contributed by atoms with Gasteiger partial charge in [-0.1, -0.05) is 0 Å². The van der Waals surface area contributed by atoms with Gasteiger partial charge in [-0.25, -0.2) is 0 Å². The molecule has 5 heteroatoms. The third kappa shape index (κ3) is 5.18. The average Bonchev–Trinajstić information content (AvgIpc) is 2.24. The van der Waals surface area contributed by atoms with Crippen molar-refractivity contribution < 1.29 is 9.53 Å². The van der Waals surface area contributed by atoms with E-state index < -0.39 is 0 Å². The Balaban J connectivity index is 2.23. The molecule has 0 atom stereocenters. The molecule has 0 aliphatic heterocycles. The first-order valence-corrected chi connectivity index (χ1v) is 6.30. The fourth-order valence-corrected chi connectivity index (χ4v) is 2.37. The molecule has 0 fully saturated rings. The SMILES string of the molecule is COC(=O)CCCSc1cncc(Br)c1. The van der Waals surface area contributed by atoms with Crippen LogP contribution < -0.4 is 0 Å². The monoisotopic (exact) mass is 289 g/mol. The first-order valence-electron chi connectivity index (χ1n) is 4.52. The number of thioether (sulfide) groups is 1. The largest absolute Gasteiger partial charge is 0.469 e. The quantitative estimate of drug-likeness (QED) is 0.475. The Labute approximate surface area is 102 Å². The molecule has 0 radical (unpaired) electrons. The lowest BCUT2D eigenvalue weighted by molar-refractivity contribution is -0.140. The normalized spacial score (nSPS) is 10.0.